The molecule has 1 aliphatic heterocycles. The SMILES string of the molecule is O=C(NCc1cccc2ccccc12)N1CCC(c2cccs2)CC1. The fraction of sp³-hybridized carbons (Fsp3) is 0.286. The van der Waals surface area contributed by atoms with E-state index in [1.165, 1.54) is 21.2 Å². The summed E-state index contributed by atoms with van der Waals surface area (Å²) in [4.78, 5) is 15.9. The van der Waals surface area contributed by atoms with Gasteiger partial charge in [0, 0.05) is 24.5 Å². The van der Waals surface area contributed by atoms with Crippen LogP contribution in [0.25, 0.3) is 10.8 Å². The Bertz CT molecular complexity index is 846. The molecule has 128 valence electrons. The highest BCUT2D eigenvalue weighted by Crippen LogP contribution is 2.31. The van der Waals surface area contributed by atoms with E-state index in [9.17, 15) is 4.79 Å². The normalized spacial score (nSPS) is 15.4. The van der Waals surface area contributed by atoms with Gasteiger partial charge in [0.1, 0.15) is 0 Å². The number of urea groups is 1. The Kier molecular flexibility index (Phi) is 4.70. The molecule has 1 N–H and O–H groups in total. The smallest absolute Gasteiger partial charge is 0.317 e. The Balaban J connectivity index is 1.35. The topological polar surface area (TPSA) is 32.3 Å². The van der Waals surface area contributed by atoms with Crippen LogP contribution in [0.5, 0.6) is 0 Å². The van der Waals surface area contributed by atoms with Crippen LogP contribution in [-0.4, -0.2) is 24.0 Å². The Labute approximate surface area is 152 Å². The second kappa shape index (κ2) is 7.28. The predicted octanol–water partition coefficient (Wildman–Crippen LogP) is 4.99. The lowest BCUT2D eigenvalue weighted by molar-refractivity contribution is 0.181. The van der Waals surface area contributed by atoms with Crippen LogP contribution in [0.4, 0.5) is 4.79 Å². The van der Waals surface area contributed by atoms with E-state index in [0.29, 0.717) is 12.5 Å². The first kappa shape index (κ1) is 16.2. The van der Waals surface area contributed by atoms with Crippen molar-refractivity contribution in [2.24, 2.45) is 0 Å². The van der Waals surface area contributed by atoms with Crippen molar-refractivity contribution in [1.82, 2.24) is 10.2 Å². The lowest BCUT2D eigenvalue weighted by Gasteiger charge is -2.31. The standard InChI is InChI=1S/C21H22N2OS/c24-21(23-12-10-17(11-13-23)20-9-4-14-25-20)22-15-18-7-3-6-16-5-1-2-8-19(16)18/h1-9,14,17H,10-13,15H2,(H,22,24). The number of piperidine rings is 1. The summed E-state index contributed by atoms with van der Waals surface area (Å²) in [6.45, 7) is 2.25. The Hall–Kier alpha value is -2.33. The minimum atomic E-state index is 0.0533. The van der Waals surface area contributed by atoms with Crippen molar-refractivity contribution >= 4 is 28.1 Å². The third-order valence-electron chi connectivity index (χ3n) is 5.04. The number of nitrogens with zero attached hydrogens (tertiary/aromatic N) is 1. The number of likely N-dealkylation sites (tertiary alicyclic amines) is 1. The van der Waals surface area contributed by atoms with Crippen molar-refractivity contribution in [1.29, 1.82) is 0 Å². The van der Waals surface area contributed by atoms with Crippen molar-refractivity contribution in [3.63, 3.8) is 0 Å². The van der Waals surface area contributed by atoms with Gasteiger partial charge >= 0.3 is 6.03 Å². The van der Waals surface area contributed by atoms with Crippen LogP contribution in [0.2, 0.25) is 0 Å². The summed E-state index contributed by atoms with van der Waals surface area (Å²) in [5.74, 6) is 0.613. The summed E-state index contributed by atoms with van der Waals surface area (Å²) in [6, 6.07) is 18.9. The molecule has 1 aliphatic rings. The number of nitrogens with one attached hydrogen (secondary N) is 1. The zero-order chi connectivity index (χ0) is 17.1. The molecule has 3 aromatic rings. The zero-order valence-electron chi connectivity index (χ0n) is 14.2. The fourth-order valence-electron chi connectivity index (χ4n) is 3.62. The number of carbonyl (C=O) groups is 1. The molecule has 0 bridgehead atoms. The molecule has 0 spiro atoms. The Morgan fingerprint density at radius 2 is 1.84 bits per heavy atom. The molecule has 2 aromatic carbocycles. The van der Waals surface area contributed by atoms with Crippen molar-refractivity contribution in [3.05, 3.63) is 70.4 Å². The van der Waals surface area contributed by atoms with Crippen LogP contribution in [0.3, 0.4) is 0 Å². The third kappa shape index (κ3) is 3.54. The minimum absolute atomic E-state index is 0.0533. The number of benzene rings is 2. The second-order valence-electron chi connectivity index (χ2n) is 6.57. The van der Waals surface area contributed by atoms with Crippen LogP contribution >= 0.6 is 11.3 Å². The van der Waals surface area contributed by atoms with Crippen molar-refractivity contribution in [2.75, 3.05) is 13.1 Å². The first-order valence-electron chi connectivity index (χ1n) is 8.84. The number of hydrogen-bond donors (Lipinski definition) is 1. The largest absolute Gasteiger partial charge is 0.334 e. The van der Waals surface area contributed by atoms with Crippen LogP contribution in [0.15, 0.2) is 60.0 Å². The summed E-state index contributed by atoms with van der Waals surface area (Å²) in [6.07, 6.45) is 2.12. The average molecular weight is 350 g/mol. The molecule has 0 unspecified atom stereocenters. The molecule has 0 saturated carbocycles. The molecular weight excluding hydrogens is 328 g/mol. The van der Waals surface area contributed by atoms with Gasteiger partial charge in [0.25, 0.3) is 0 Å². The van der Waals surface area contributed by atoms with Gasteiger partial charge < -0.3 is 10.2 Å². The van der Waals surface area contributed by atoms with Crippen molar-refractivity contribution in [2.45, 2.75) is 25.3 Å². The Morgan fingerprint density at radius 1 is 1.04 bits per heavy atom. The van der Waals surface area contributed by atoms with Gasteiger partial charge in [-0.25, -0.2) is 4.79 Å². The molecule has 0 aliphatic carbocycles. The summed E-state index contributed by atoms with van der Waals surface area (Å²) in [5.41, 5.74) is 1.17. The molecule has 1 fully saturated rings. The first-order valence-corrected chi connectivity index (χ1v) is 9.72. The van der Waals surface area contributed by atoms with E-state index < -0.39 is 0 Å². The molecule has 0 radical (unpaired) electrons. The van der Waals surface area contributed by atoms with E-state index in [1.807, 2.05) is 28.4 Å². The van der Waals surface area contributed by atoms with E-state index in [-0.39, 0.29) is 6.03 Å². The maximum absolute atomic E-state index is 12.5. The van der Waals surface area contributed by atoms with E-state index in [0.717, 1.165) is 25.9 Å². The van der Waals surface area contributed by atoms with Gasteiger partial charge in [0.2, 0.25) is 0 Å². The van der Waals surface area contributed by atoms with Gasteiger partial charge in [-0.3, -0.25) is 0 Å². The first-order chi connectivity index (χ1) is 12.3. The highest BCUT2D eigenvalue weighted by molar-refractivity contribution is 7.10. The number of fused-ring (bicyclic) bond motifs is 1. The Morgan fingerprint density at radius 3 is 2.64 bits per heavy atom. The van der Waals surface area contributed by atoms with Gasteiger partial charge in [-0.2, -0.15) is 0 Å². The number of hydrogen-bond acceptors (Lipinski definition) is 2. The summed E-state index contributed by atoms with van der Waals surface area (Å²) >= 11 is 1.83. The van der Waals surface area contributed by atoms with Gasteiger partial charge in [0.15, 0.2) is 0 Å². The number of carbonyl (C=O) groups excluding carboxylic acids is 1. The number of rotatable bonds is 3. The minimum Gasteiger partial charge on any atom is -0.334 e. The summed E-state index contributed by atoms with van der Waals surface area (Å²) in [5, 5.41) is 7.66. The molecule has 2 amide bonds. The number of thiophene rings is 1. The van der Waals surface area contributed by atoms with E-state index in [1.54, 1.807) is 0 Å². The average Bonchev–Trinajstić information content (AvgIpc) is 3.21. The maximum Gasteiger partial charge on any atom is 0.317 e. The summed E-state index contributed by atoms with van der Waals surface area (Å²) < 4.78 is 0. The van der Waals surface area contributed by atoms with Gasteiger partial charge in [-0.1, -0.05) is 48.5 Å². The van der Waals surface area contributed by atoms with E-state index >= 15 is 0 Å². The molecule has 3 nitrogen and oxygen atoms in total. The second-order valence-corrected chi connectivity index (χ2v) is 7.55. The molecule has 4 heteroatoms. The van der Waals surface area contributed by atoms with Gasteiger partial charge in [0.05, 0.1) is 0 Å². The zero-order valence-corrected chi connectivity index (χ0v) is 15.0. The molecule has 4 rings (SSSR count). The molecule has 2 heterocycles. The highest BCUT2D eigenvalue weighted by Gasteiger charge is 2.24. The van der Waals surface area contributed by atoms with Crippen molar-refractivity contribution in [3.8, 4) is 0 Å². The van der Waals surface area contributed by atoms with Crippen LogP contribution in [0.1, 0.15) is 29.2 Å². The lowest BCUT2D eigenvalue weighted by atomic mass is 9.95. The fourth-order valence-corrected chi connectivity index (χ4v) is 4.52. The highest BCUT2D eigenvalue weighted by atomic mass is 32.1. The van der Waals surface area contributed by atoms with E-state index in [2.05, 4.69) is 53.2 Å². The van der Waals surface area contributed by atoms with Crippen LogP contribution in [-0.2, 0) is 6.54 Å². The lowest BCUT2D eigenvalue weighted by Crippen LogP contribution is -2.43. The van der Waals surface area contributed by atoms with Crippen LogP contribution in [0, 0.1) is 0 Å². The maximum atomic E-state index is 12.5. The van der Waals surface area contributed by atoms with Crippen LogP contribution < -0.4 is 5.32 Å². The molecule has 0 atom stereocenters. The van der Waals surface area contributed by atoms with Gasteiger partial charge in [-0.05, 0) is 46.5 Å². The predicted molar refractivity (Wildman–Crippen MR) is 104 cm³/mol. The third-order valence-corrected chi connectivity index (χ3v) is 6.07. The van der Waals surface area contributed by atoms with Crippen molar-refractivity contribution < 1.29 is 4.79 Å². The number of amides is 2. The quantitative estimate of drug-likeness (QED) is 0.709. The molecule has 25 heavy (non-hydrogen) atoms. The summed E-state index contributed by atoms with van der Waals surface area (Å²) in [7, 11) is 0. The van der Waals surface area contributed by atoms with Gasteiger partial charge in [-0.15, -0.1) is 11.3 Å². The molecular formula is C21H22N2OS. The molecule has 1 aromatic heterocycles. The van der Waals surface area contributed by atoms with E-state index in [4.69, 9.17) is 0 Å². The molecule has 1 saturated heterocycles. The monoisotopic (exact) mass is 350 g/mol.